The smallest absolute Gasteiger partial charge is 0.0440 e. The Balaban J connectivity index is 2.17. The zero-order valence-electron chi connectivity index (χ0n) is 12.2. The van der Waals surface area contributed by atoms with Gasteiger partial charge in [0.15, 0.2) is 0 Å². The zero-order chi connectivity index (χ0) is 13.9. The van der Waals surface area contributed by atoms with Crippen LogP contribution in [0.2, 0.25) is 5.02 Å². The SMILES string of the molecule is CCC1CCCC(CN)(Cc2ccc(C)cc2Cl)C1. The second-order valence-electron chi connectivity index (χ2n) is 6.35. The highest BCUT2D eigenvalue weighted by molar-refractivity contribution is 6.31. The van der Waals surface area contributed by atoms with Crippen molar-refractivity contribution in [2.24, 2.45) is 17.1 Å². The number of benzene rings is 1. The van der Waals surface area contributed by atoms with Gasteiger partial charge in [0.25, 0.3) is 0 Å². The largest absolute Gasteiger partial charge is 0.330 e. The van der Waals surface area contributed by atoms with Crippen molar-refractivity contribution >= 4 is 11.6 Å². The van der Waals surface area contributed by atoms with Crippen LogP contribution < -0.4 is 5.73 Å². The van der Waals surface area contributed by atoms with Gasteiger partial charge in [-0.3, -0.25) is 0 Å². The molecular weight excluding hydrogens is 254 g/mol. The fraction of sp³-hybridized carbons (Fsp3) is 0.647. The van der Waals surface area contributed by atoms with E-state index in [0.29, 0.717) is 0 Å². The van der Waals surface area contributed by atoms with Crippen molar-refractivity contribution in [2.75, 3.05) is 6.54 Å². The van der Waals surface area contributed by atoms with Crippen LogP contribution in [0.15, 0.2) is 18.2 Å². The summed E-state index contributed by atoms with van der Waals surface area (Å²) in [5, 5.41) is 0.909. The molecule has 1 aromatic rings. The van der Waals surface area contributed by atoms with E-state index >= 15 is 0 Å². The topological polar surface area (TPSA) is 26.0 Å². The van der Waals surface area contributed by atoms with Crippen molar-refractivity contribution in [3.05, 3.63) is 34.3 Å². The highest BCUT2D eigenvalue weighted by Crippen LogP contribution is 2.43. The Labute approximate surface area is 122 Å². The number of hydrogen-bond acceptors (Lipinski definition) is 1. The number of rotatable bonds is 4. The first-order valence-electron chi connectivity index (χ1n) is 7.53. The van der Waals surface area contributed by atoms with Crippen molar-refractivity contribution in [1.29, 1.82) is 0 Å². The molecule has 0 aromatic heterocycles. The highest BCUT2D eigenvalue weighted by Gasteiger charge is 2.35. The summed E-state index contributed by atoms with van der Waals surface area (Å²) < 4.78 is 0. The van der Waals surface area contributed by atoms with Crippen LogP contribution in [0.5, 0.6) is 0 Å². The zero-order valence-corrected chi connectivity index (χ0v) is 13.0. The third kappa shape index (κ3) is 3.52. The number of hydrogen-bond donors (Lipinski definition) is 1. The van der Waals surface area contributed by atoms with Crippen molar-refractivity contribution in [3.63, 3.8) is 0 Å². The maximum absolute atomic E-state index is 6.40. The molecule has 2 unspecified atom stereocenters. The molecule has 0 heterocycles. The molecule has 1 fully saturated rings. The molecular formula is C17H26ClN. The molecule has 1 nitrogen and oxygen atoms in total. The normalized spacial score (nSPS) is 27.5. The summed E-state index contributed by atoms with van der Waals surface area (Å²) >= 11 is 6.40. The number of aryl methyl sites for hydroxylation is 1. The Morgan fingerprint density at radius 1 is 1.42 bits per heavy atom. The van der Waals surface area contributed by atoms with Crippen molar-refractivity contribution in [3.8, 4) is 0 Å². The van der Waals surface area contributed by atoms with Crippen LogP contribution in [-0.4, -0.2) is 6.54 Å². The third-order valence-electron chi connectivity index (χ3n) is 4.83. The molecule has 2 rings (SSSR count). The van der Waals surface area contributed by atoms with Gasteiger partial charge in [-0.2, -0.15) is 0 Å². The number of nitrogens with two attached hydrogens (primary N) is 1. The molecule has 1 aromatic carbocycles. The summed E-state index contributed by atoms with van der Waals surface area (Å²) in [6.45, 7) is 5.17. The molecule has 1 aliphatic rings. The van der Waals surface area contributed by atoms with Crippen LogP contribution in [0.3, 0.4) is 0 Å². The molecule has 19 heavy (non-hydrogen) atoms. The molecule has 2 atom stereocenters. The quantitative estimate of drug-likeness (QED) is 0.847. The van der Waals surface area contributed by atoms with E-state index in [1.54, 1.807) is 0 Å². The fourth-order valence-corrected chi connectivity index (χ4v) is 3.85. The van der Waals surface area contributed by atoms with E-state index in [1.165, 1.54) is 43.2 Å². The first kappa shape index (κ1) is 14.9. The highest BCUT2D eigenvalue weighted by atomic mass is 35.5. The Kier molecular flexibility index (Phi) is 4.92. The fourth-order valence-electron chi connectivity index (χ4n) is 3.55. The van der Waals surface area contributed by atoms with Crippen molar-refractivity contribution in [2.45, 2.75) is 52.4 Å². The van der Waals surface area contributed by atoms with E-state index in [9.17, 15) is 0 Å². The van der Waals surface area contributed by atoms with Gasteiger partial charge in [0.1, 0.15) is 0 Å². The lowest BCUT2D eigenvalue weighted by Gasteiger charge is -2.40. The maximum Gasteiger partial charge on any atom is 0.0440 e. The standard InChI is InChI=1S/C17H26ClN/c1-3-14-5-4-8-17(10-14,12-19)11-15-7-6-13(2)9-16(15)18/h6-7,9,14H,3-5,8,10-12,19H2,1-2H3. The molecule has 0 bridgehead atoms. The molecule has 0 aliphatic heterocycles. The molecule has 0 saturated heterocycles. The maximum atomic E-state index is 6.40. The van der Waals surface area contributed by atoms with Crippen molar-refractivity contribution < 1.29 is 0 Å². The van der Waals surface area contributed by atoms with E-state index in [0.717, 1.165) is 23.9 Å². The lowest BCUT2D eigenvalue weighted by Crippen LogP contribution is -2.37. The van der Waals surface area contributed by atoms with Crippen molar-refractivity contribution in [1.82, 2.24) is 0 Å². The summed E-state index contributed by atoms with van der Waals surface area (Å²) in [4.78, 5) is 0. The van der Waals surface area contributed by atoms with Gasteiger partial charge in [-0.05, 0) is 61.3 Å². The van der Waals surface area contributed by atoms with E-state index in [1.807, 2.05) is 0 Å². The van der Waals surface area contributed by atoms with E-state index in [2.05, 4.69) is 32.0 Å². The Morgan fingerprint density at radius 2 is 2.21 bits per heavy atom. The minimum atomic E-state index is 0.276. The Bertz CT molecular complexity index is 429. The molecule has 0 radical (unpaired) electrons. The Hall–Kier alpha value is -0.530. The minimum absolute atomic E-state index is 0.276. The summed E-state index contributed by atoms with van der Waals surface area (Å²) in [5.41, 5.74) is 8.92. The summed E-state index contributed by atoms with van der Waals surface area (Å²) in [6.07, 6.45) is 7.54. The van der Waals surface area contributed by atoms with E-state index < -0.39 is 0 Å². The van der Waals surface area contributed by atoms with Gasteiger partial charge < -0.3 is 5.73 Å². The Morgan fingerprint density at radius 3 is 2.84 bits per heavy atom. The lowest BCUT2D eigenvalue weighted by molar-refractivity contribution is 0.142. The van der Waals surface area contributed by atoms with Crippen LogP contribution >= 0.6 is 11.6 Å². The molecule has 1 saturated carbocycles. The first-order valence-corrected chi connectivity index (χ1v) is 7.91. The molecule has 0 spiro atoms. The van der Waals surface area contributed by atoms with Gasteiger partial charge >= 0.3 is 0 Å². The van der Waals surface area contributed by atoms with Crippen LogP contribution in [0.25, 0.3) is 0 Å². The van der Waals surface area contributed by atoms with Crippen LogP contribution in [0, 0.1) is 18.3 Å². The van der Waals surface area contributed by atoms with Crippen LogP contribution in [-0.2, 0) is 6.42 Å². The molecule has 106 valence electrons. The number of halogens is 1. The summed E-state index contributed by atoms with van der Waals surface area (Å²) in [6, 6.07) is 6.41. The third-order valence-corrected chi connectivity index (χ3v) is 5.18. The van der Waals surface area contributed by atoms with Gasteiger partial charge in [0.05, 0.1) is 0 Å². The average molecular weight is 280 g/mol. The predicted octanol–water partition coefficient (Wildman–Crippen LogP) is 4.74. The van der Waals surface area contributed by atoms with Gasteiger partial charge in [-0.1, -0.05) is 49.9 Å². The second-order valence-corrected chi connectivity index (χ2v) is 6.75. The minimum Gasteiger partial charge on any atom is -0.330 e. The molecule has 0 amide bonds. The van der Waals surface area contributed by atoms with Gasteiger partial charge in [0, 0.05) is 5.02 Å². The van der Waals surface area contributed by atoms with Gasteiger partial charge in [-0.25, -0.2) is 0 Å². The predicted molar refractivity (Wildman–Crippen MR) is 83.6 cm³/mol. The second kappa shape index (κ2) is 6.28. The van der Waals surface area contributed by atoms with Crippen LogP contribution in [0.4, 0.5) is 0 Å². The lowest BCUT2D eigenvalue weighted by atomic mass is 9.66. The van der Waals surface area contributed by atoms with Crippen LogP contribution in [0.1, 0.15) is 50.2 Å². The average Bonchev–Trinajstić information content (AvgIpc) is 2.42. The monoisotopic (exact) mass is 279 g/mol. The molecule has 2 N–H and O–H groups in total. The summed E-state index contributed by atoms with van der Waals surface area (Å²) in [5.74, 6) is 0.849. The van der Waals surface area contributed by atoms with Gasteiger partial charge in [-0.15, -0.1) is 0 Å². The van der Waals surface area contributed by atoms with E-state index in [4.69, 9.17) is 17.3 Å². The first-order chi connectivity index (χ1) is 9.08. The van der Waals surface area contributed by atoms with E-state index in [-0.39, 0.29) is 5.41 Å². The molecule has 2 heteroatoms. The summed E-state index contributed by atoms with van der Waals surface area (Å²) in [7, 11) is 0. The van der Waals surface area contributed by atoms with Gasteiger partial charge in [0.2, 0.25) is 0 Å². The molecule has 1 aliphatic carbocycles.